The third-order valence-electron chi connectivity index (χ3n) is 4.98. The number of amides is 1. The van der Waals surface area contributed by atoms with Gasteiger partial charge in [-0.15, -0.1) is 5.10 Å². The number of tetrazole rings is 1. The number of carbonyl (C=O) groups is 1. The molecular formula is C19H17FIN5O3S. The maximum Gasteiger partial charge on any atom is 0.252 e. The molecule has 0 radical (unpaired) electrons. The van der Waals surface area contributed by atoms with E-state index in [0.717, 1.165) is 3.57 Å². The Morgan fingerprint density at radius 2 is 2.00 bits per heavy atom. The van der Waals surface area contributed by atoms with Crippen LogP contribution in [0.25, 0.3) is 16.8 Å². The normalized spacial score (nSPS) is 20.2. The Morgan fingerprint density at radius 1 is 1.27 bits per heavy atom. The molecule has 1 unspecified atom stereocenters. The predicted octanol–water partition coefficient (Wildman–Crippen LogP) is 2.38. The topological polar surface area (TPSA) is 107 Å². The lowest BCUT2D eigenvalue weighted by molar-refractivity contribution is 0.0916. The Hall–Kier alpha value is -2.41. The van der Waals surface area contributed by atoms with Crippen LogP contribution in [0.5, 0.6) is 0 Å². The van der Waals surface area contributed by atoms with Gasteiger partial charge in [-0.25, -0.2) is 17.5 Å². The first-order valence-corrected chi connectivity index (χ1v) is 11.9. The molecule has 1 aromatic heterocycles. The highest BCUT2D eigenvalue weighted by molar-refractivity contribution is 14.1. The lowest BCUT2D eigenvalue weighted by atomic mass is 9.96. The maximum atomic E-state index is 13.4. The molecule has 30 heavy (non-hydrogen) atoms. The van der Waals surface area contributed by atoms with E-state index in [0.29, 0.717) is 28.8 Å². The van der Waals surface area contributed by atoms with Gasteiger partial charge in [-0.2, -0.15) is 0 Å². The van der Waals surface area contributed by atoms with Crippen LogP contribution in [-0.4, -0.2) is 51.6 Å². The van der Waals surface area contributed by atoms with Crippen molar-refractivity contribution in [2.75, 3.05) is 11.5 Å². The van der Waals surface area contributed by atoms with Crippen LogP contribution in [0.4, 0.5) is 4.39 Å². The first-order valence-electron chi connectivity index (χ1n) is 9.02. The summed E-state index contributed by atoms with van der Waals surface area (Å²) in [5.74, 6) is -0.867. The van der Waals surface area contributed by atoms with Gasteiger partial charge in [0.1, 0.15) is 12.1 Å². The van der Waals surface area contributed by atoms with E-state index in [-0.39, 0.29) is 17.3 Å². The molecule has 1 amide bonds. The molecule has 3 aromatic rings. The summed E-state index contributed by atoms with van der Waals surface area (Å²) >= 11 is 2.10. The number of rotatable bonds is 4. The first-order chi connectivity index (χ1) is 14.2. The van der Waals surface area contributed by atoms with E-state index >= 15 is 0 Å². The quantitative estimate of drug-likeness (QED) is 0.509. The summed E-state index contributed by atoms with van der Waals surface area (Å²) in [5.41, 5.74) is 1.33. The number of hydrogen-bond donors (Lipinski definition) is 1. The Balaban J connectivity index is 1.81. The number of sulfone groups is 1. The molecule has 0 spiro atoms. The van der Waals surface area contributed by atoms with E-state index in [4.69, 9.17) is 0 Å². The molecule has 8 nitrogen and oxygen atoms in total. The SMILES string of the molecule is CC1(NC(=O)c2cc(-n3cnnn3)cc(I)c2-c2ccc(F)cc2)CCS(=O)(=O)C1. The highest BCUT2D eigenvalue weighted by Gasteiger charge is 2.40. The Bertz CT molecular complexity index is 1220. The molecule has 1 aliphatic rings. The van der Waals surface area contributed by atoms with Crippen LogP contribution < -0.4 is 5.32 Å². The lowest BCUT2D eigenvalue weighted by Gasteiger charge is -2.25. The highest BCUT2D eigenvalue weighted by atomic mass is 127. The molecule has 1 saturated heterocycles. The molecule has 0 bridgehead atoms. The van der Waals surface area contributed by atoms with Crippen molar-refractivity contribution in [3.05, 3.63) is 57.7 Å². The van der Waals surface area contributed by atoms with Gasteiger partial charge in [0.15, 0.2) is 9.84 Å². The Morgan fingerprint density at radius 3 is 2.60 bits per heavy atom. The van der Waals surface area contributed by atoms with E-state index in [1.54, 1.807) is 25.1 Å². The fourth-order valence-electron chi connectivity index (χ4n) is 3.54. The molecule has 156 valence electrons. The molecule has 0 aliphatic carbocycles. The fourth-order valence-corrected chi connectivity index (χ4v) is 6.56. The van der Waals surface area contributed by atoms with Crippen LogP contribution in [-0.2, 0) is 9.84 Å². The summed E-state index contributed by atoms with van der Waals surface area (Å²) in [4.78, 5) is 13.3. The van der Waals surface area contributed by atoms with Crippen molar-refractivity contribution < 1.29 is 17.6 Å². The van der Waals surface area contributed by atoms with Crippen LogP contribution in [0.15, 0.2) is 42.7 Å². The molecule has 2 aromatic carbocycles. The van der Waals surface area contributed by atoms with Gasteiger partial charge < -0.3 is 5.32 Å². The van der Waals surface area contributed by atoms with Gasteiger partial charge in [0.05, 0.1) is 28.3 Å². The number of nitrogens with one attached hydrogen (secondary N) is 1. The maximum absolute atomic E-state index is 13.4. The molecule has 0 saturated carbocycles. The number of hydrogen-bond acceptors (Lipinski definition) is 6. The minimum Gasteiger partial charge on any atom is -0.346 e. The highest BCUT2D eigenvalue weighted by Crippen LogP contribution is 2.33. The third kappa shape index (κ3) is 4.21. The summed E-state index contributed by atoms with van der Waals surface area (Å²) < 4.78 is 39.5. The smallest absolute Gasteiger partial charge is 0.252 e. The number of halogens is 2. The number of aromatic nitrogens is 4. The molecular weight excluding hydrogens is 524 g/mol. The molecule has 11 heteroatoms. The van der Waals surface area contributed by atoms with Gasteiger partial charge >= 0.3 is 0 Å². The van der Waals surface area contributed by atoms with Crippen molar-refractivity contribution in [1.82, 2.24) is 25.5 Å². The summed E-state index contributed by atoms with van der Waals surface area (Å²) in [6, 6.07) is 9.30. The summed E-state index contributed by atoms with van der Waals surface area (Å²) in [7, 11) is -3.19. The lowest BCUT2D eigenvalue weighted by Crippen LogP contribution is -2.47. The first kappa shape index (κ1) is 20.8. The monoisotopic (exact) mass is 541 g/mol. The average molecular weight is 541 g/mol. The van der Waals surface area contributed by atoms with Crippen LogP contribution in [0.1, 0.15) is 23.7 Å². The number of benzene rings is 2. The molecule has 2 heterocycles. The van der Waals surface area contributed by atoms with Crippen molar-refractivity contribution >= 4 is 38.3 Å². The zero-order valence-electron chi connectivity index (χ0n) is 15.8. The van der Waals surface area contributed by atoms with Crippen LogP contribution in [0.3, 0.4) is 0 Å². The second-order valence-corrected chi connectivity index (χ2v) is 10.8. The Kier molecular flexibility index (Phi) is 5.34. The van der Waals surface area contributed by atoms with Crippen molar-refractivity contribution in [3.8, 4) is 16.8 Å². The zero-order chi connectivity index (χ0) is 21.5. The van der Waals surface area contributed by atoms with Crippen molar-refractivity contribution in [3.63, 3.8) is 0 Å². The second kappa shape index (κ2) is 7.69. The standard InChI is InChI=1S/C19H17FIN5O3S/c1-19(6-7-30(28,29)10-19)23-18(27)15-8-14(26-11-22-24-25-26)9-16(21)17(15)12-2-4-13(20)5-3-12/h2-5,8-9,11H,6-7,10H2,1H3,(H,23,27). The average Bonchev–Trinajstić information content (AvgIpc) is 3.30. The van der Waals surface area contributed by atoms with Crippen molar-refractivity contribution in [2.24, 2.45) is 0 Å². The minimum atomic E-state index is -3.19. The van der Waals surface area contributed by atoms with Crippen LogP contribution >= 0.6 is 22.6 Å². The molecule has 1 N–H and O–H groups in total. The van der Waals surface area contributed by atoms with Gasteiger partial charge in [0.2, 0.25) is 0 Å². The van der Waals surface area contributed by atoms with E-state index in [1.165, 1.54) is 23.1 Å². The van der Waals surface area contributed by atoms with E-state index in [9.17, 15) is 17.6 Å². The van der Waals surface area contributed by atoms with Crippen LogP contribution in [0, 0.1) is 9.39 Å². The van der Waals surface area contributed by atoms with E-state index < -0.39 is 21.3 Å². The molecule has 1 fully saturated rings. The minimum absolute atomic E-state index is 0.0385. The van der Waals surface area contributed by atoms with Gasteiger partial charge in [0.25, 0.3) is 5.91 Å². The second-order valence-electron chi connectivity index (χ2n) is 7.47. The van der Waals surface area contributed by atoms with E-state index in [2.05, 4.69) is 43.4 Å². The zero-order valence-corrected chi connectivity index (χ0v) is 18.8. The van der Waals surface area contributed by atoms with Gasteiger partial charge in [-0.1, -0.05) is 12.1 Å². The molecule has 1 atom stereocenters. The Labute approximate surface area is 185 Å². The van der Waals surface area contributed by atoms with Gasteiger partial charge in [0, 0.05) is 9.13 Å². The largest absolute Gasteiger partial charge is 0.346 e. The van der Waals surface area contributed by atoms with E-state index in [1.807, 2.05) is 6.07 Å². The van der Waals surface area contributed by atoms with Gasteiger partial charge in [-0.05, 0) is 76.2 Å². The fraction of sp³-hybridized carbons (Fsp3) is 0.263. The van der Waals surface area contributed by atoms with Crippen LogP contribution in [0.2, 0.25) is 0 Å². The van der Waals surface area contributed by atoms with Crippen molar-refractivity contribution in [2.45, 2.75) is 18.9 Å². The third-order valence-corrected chi connectivity index (χ3v) is 7.74. The van der Waals surface area contributed by atoms with Crippen molar-refractivity contribution in [1.29, 1.82) is 0 Å². The number of carbonyl (C=O) groups excluding carboxylic acids is 1. The summed E-state index contributed by atoms with van der Waals surface area (Å²) in [6.45, 7) is 1.73. The molecule has 4 rings (SSSR count). The summed E-state index contributed by atoms with van der Waals surface area (Å²) in [5, 5.41) is 14.0. The summed E-state index contributed by atoms with van der Waals surface area (Å²) in [6.07, 6.45) is 1.76. The molecule has 1 aliphatic heterocycles. The predicted molar refractivity (Wildman–Crippen MR) is 116 cm³/mol. The number of nitrogens with zero attached hydrogens (tertiary/aromatic N) is 4. The van der Waals surface area contributed by atoms with Gasteiger partial charge in [-0.3, -0.25) is 4.79 Å².